The van der Waals surface area contributed by atoms with Gasteiger partial charge in [0.2, 0.25) is 10.0 Å². The van der Waals surface area contributed by atoms with Gasteiger partial charge in [-0.2, -0.15) is 0 Å². The first-order valence-corrected chi connectivity index (χ1v) is 14.5. The van der Waals surface area contributed by atoms with Crippen molar-refractivity contribution in [1.29, 1.82) is 0 Å². The maximum absolute atomic E-state index is 13.7. The average molecular weight is 622 g/mol. The Hall–Kier alpha value is -2.90. The summed E-state index contributed by atoms with van der Waals surface area (Å²) in [6, 6.07) is 7.90. The topological polar surface area (TPSA) is 114 Å². The summed E-state index contributed by atoms with van der Waals surface area (Å²) in [6.45, 7) is -0.365. The second-order valence-corrected chi connectivity index (χ2v) is 13.3. The van der Waals surface area contributed by atoms with Crippen LogP contribution in [-0.4, -0.2) is 62.2 Å². The zero-order chi connectivity index (χ0) is 29.1. The van der Waals surface area contributed by atoms with Crippen molar-refractivity contribution in [1.82, 2.24) is 10.6 Å². The number of halogens is 5. The molecule has 3 fully saturated rings. The molecule has 4 aliphatic rings. The fraction of sp³-hybridized carbons (Fsp3) is 0.440. The predicted octanol–water partition coefficient (Wildman–Crippen LogP) is 3.67. The minimum Gasteiger partial charge on any atom is -0.484 e. The largest absolute Gasteiger partial charge is 0.484 e. The molecule has 0 radical (unpaired) electrons. The number of sulfonamides is 1. The van der Waals surface area contributed by atoms with E-state index in [9.17, 15) is 31.2 Å². The number of rotatable bonds is 9. The van der Waals surface area contributed by atoms with Crippen LogP contribution in [0.5, 0.6) is 11.5 Å². The van der Waals surface area contributed by atoms with Gasteiger partial charge in [-0.1, -0.05) is 23.2 Å². The van der Waals surface area contributed by atoms with Gasteiger partial charge in [0, 0.05) is 29.1 Å². The maximum atomic E-state index is 13.7. The lowest BCUT2D eigenvalue weighted by molar-refractivity contribution is -0.153. The Kier molecular flexibility index (Phi) is 7.07. The molecule has 3 saturated carbocycles. The SMILES string of the molecule is CC(F)(F)CS(=O)(=O)N1CC(C(=O)NC23CC(NC(=O)COc4ccc(Cl)c(F)c4)(C2)C3)Oc2ccc(Cl)cc21. The Bertz CT molecular complexity index is 1470. The number of carbonyl (C=O) groups is 2. The molecular weight excluding hydrogens is 598 g/mol. The highest BCUT2D eigenvalue weighted by Gasteiger charge is 2.69. The molecular formula is C25H24Cl2F3N3O6S. The number of nitrogens with one attached hydrogen (secondary N) is 2. The molecule has 2 N–H and O–H groups in total. The van der Waals surface area contributed by atoms with Gasteiger partial charge in [0.05, 0.1) is 17.3 Å². The summed E-state index contributed by atoms with van der Waals surface area (Å²) in [5, 5.41) is 5.82. The zero-order valence-electron chi connectivity index (χ0n) is 21.0. The van der Waals surface area contributed by atoms with Gasteiger partial charge in [-0.15, -0.1) is 0 Å². The van der Waals surface area contributed by atoms with Crippen LogP contribution in [-0.2, 0) is 19.6 Å². The van der Waals surface area contributed by atoms with Gasteiger partial charge in [-0.25, -0.2) is 21.6 Å². The standard InChI is InChI=1S/C25H24Cl2F3N3O6S/c1-23(29,30)13-40(36,37)33-8-20(39-19-5-2-14(26)6-18(19)33)22(35)32-25-10-24(11-25,12-25)31-21(34)9-38-15-3-4-16(27)17(28)7-15/h2-7,20H,8-13H2,1H3,(H,31,34)(H,32,35). The van der Waals surface area contributed by atoms with E-state index >= 15 is 0 Å². The molecule has 2 aromatic carbocycles. The number of hydrogen-bond donors (Lipinski definition) is 2. The molecule has 6 rings (SSSR count). The number of fused-ring (bicyclic) bond motifs is 1. The van der Waals surface area contributed by atoms with Crippen molar-refractivity contribution in [2.24, 2.45) is 0 Å². The van der Waals surface area contributed by atoms with Crippen LogP contribution in [0.4, 0.5) is 18.9 Å². The number of ether oxygens (including phenoxy) is 2. The van der Waals surface area contributed by atoms with Crippen LogP contribution in [0, 0.1) is 5.82 Å². The Morgan fingerprint density at radius 3 is 2.45 bits per heavy atom. The van der Waals surface area contributed by atoms with Gasteiger partial charge in [0.25, 0.3) is 17.7 Å². The van der Waals surface area contributed by atoms with Gasteiger partial charge >= 0.3 is 0 Å². The second kappa shape index (κ2) is 9.88. The Morgan fingerprint density at radius 2 is 1.80 bits per heavy atom. The summed E-state index contributed by atoms with van der Waals surface area (Å²) in [5.74, 6) is -6.51. The lowest BCUT2D eigenvalue weighted by Crippen LogP contribution is -2.84. The van der Waals surface area contributed by atoms with Crippen LogP contribution in [0.3, 0.4) is 0 Å². The third-order valence-corrected chi connectivity index (χ3v) is 9.37. The summed E-state index contributed by atoms with van der Waals surface area (Å²) in [4.78, 5) is 25.5. The van der Waals surface area contributed by atoms with Crippen LogP contribution >= 0.6 is 23.2 Å². The van der Waals surface area contributed by atoms with Crippen molar-refractivity contribution in [3.63, 3.8) is 0 Å². The molecule has 0 aromatic heterocycles. The Balaban J connectivity index is 1.18. The van der Waals surface area contributed by atoms with Crippen LogP contribution < -0.4 is 24.4 Å². The van der Waals surface area contributed by atoms with Gasteiger partial charge in [0.15, 0.2) is 12.7 Å². The van der Waals surface area contributed by atoms with E-state index in [1.807, 2.05) is 0 Å². The summed E-state index contributed by atoms with van der Waals surface area (Å²) in [5.41, 5.74) is -1.18. The molecule has 0 saturated heterocycles. The van der Waals surface area contributed by atoms with Crippen LogP contribution in [0.2, 0.25) is 10.0 Å². The highest BCUT2D eigenvalue weighted by Crippen LogP contribution is 2.60. The molecule has 9 nitrogen and oxygen atoms in total. The molecule has 1 unspecified atom stereocenters. The molecule has 0 spiro atoms. The quantitative estimate of drug-likeness (QED) is 0.442. The van der Waals surface area contributed by atoms with Crippen LogP contribution in [0.15, 0.2) is 36.4 Å². The number of anilines is 1. The minimum absolute atomic E-state index is 0.0145. The van der Waals surface area contributed by atoms with E-state index < -0.39 is 63.1 Å². The molecule has 2 aromatic rings. The van der Waals surface area contributed by atoms with E-state index in [2.05, 4.69) is 10.6 Å². The average Bonchev–Trinajstić information content (AvgIpc) is 2.80. The molecule has 1 aliphatic heterocycles. The van der Waals surface area contributed by atoms with Crippen molar-refractivity contribution in [3.05, 3.63) is 52.3 Å². The van der Waals surface area contributed by atoms with E-state index in [-0.39, 0.29) is 33.8 Å². The highest BCUT2D eigenvalue weighted by molar-refractivity contribution is 7.92. The number of amides is 2. The molecule has 1 atom stereocenters. The van der Waals surface area contributed by atoms with E-state index in [1.54, 1.807) is 0 Å². The number of carbonyl (C=O) groups excluding carboxylic acids is 2. The lowest BCUT2D eigenvalue weighted by Gasteiger charge is -2.70. The van der Waals surface area contributed by atoms with E-state index in [4.69, 9.17) is 32.7 Å². The fourth-order valence-corrected chi connectivity index (χ4v) is 7.35. The van der Waals surface area contributed by atoms with E-state index in [0.29, 0.717) is 26.2 Å². The molecule has 2 bridgehead atoms. The molecule has 15 heteroatoms. The summed E-state index contributed by atoms with van der Waals surface area (Å²) < 4.78 is 78.3. The van der Waals surface area contributed by atoms with Gasteiger partial charge in [-0.3, -0.25) is 13.9 Å². The number of benzene rings is 2. The van der Waals surface area contributed by atoms with Crippen molar-refractivity contribution in [3.8, 4) is 11.5 Å². The zero-order valence-corrected chi connectivity index (χ0v) is 23.3. The second-order valence-electron chi connectivity index (χ2n) is 10.6. The first-order chi connectivity index (χ1) is 18.6. The van der Waals surface area contributed by atoms with Gasteiger partial charge in [0.1, 0.15) is 23.1 Å². The maximum Gasteiger partial charge on any atom is 0.263 e. The third kappa shape index (κ3) is 5.77. The fourth-order valence-electron chi connectivity index (χ4n) is 5.46. The number of alkyl halides is 2. The number of nitrogens with zero attached hydrogens (tertiary/aromatic N) is 1. The van der Waals surface area contributed by atoms with Gasteiger partial charge in [-0.05, 0) is 49.6 Å². The molecule has 216 valence electrons. The molecule has 3 aliphatic carbocycles. The normalized spacial score (nSPS) is 25.1. The Labute approximate surface area is 237 Å². The van der Waals surface area contributed by atoms with Crippen molar-refractivity contribution >= 4 is 50.7 Å². The molecule has 40 heavy (non-hydrogen) atoms. The van der Waals surface area contributed by atoms with Crippen molar-refractivity contribution in [2.75, 3.05) is 23.2 Å². The third-order valence-electron chi connectivity index (χ3n) is 6.94. The minimum atomic E-state index is -4.54. The predicted molar refractivity (Wildman–Crippen MR) is 140 cm³/mol. The molecule has 1 heterocycles. The summed E-state index contributed by atoms with van der Waals surface area (Å²) in [6.07, 6.45) is -0.0241. The van der Waals surface area contributed by atoms with Crippen LogP contribution in [0.25, 0.3) is 0 Å². The Morgan fingerprint density at radius 1 is 1.12 bits per heavy atom. The first-order valence-electron chi connectivity index (χ1n) is 12.1. The lowest BCUT2D eigenvalue weighted by atomic mass is 9.44. The van der Waals surface area contributed by atoms with Crippen LogP contribution in [0.1, 0.15) is 26.2 Å². The monoisotopic (exact) mass is 621 g/mol. The van der Waals surface area contributed by atoms with Crippen molar-refractivity contribution < 1.29 is 40.7 Å². The van der Waals surface area contributed by atoms with Crippen molar-refractivity contribution in [2.45, 2.75) is 49.3 Å². The highest BCUT2D eigenvalue weighted by atomic mass is 35.5. The van der Waals surface area contributed by atoms with E-state index in [1.165, 1.54) is 30.3 Å². The number of hydrogen-bond acceptors (Lipinski definition) is 6. The summed E-state index contributed by atoms with van der Waals surface area (Å²) >= 11 is 11.6. The summed E-state index contributed by atoms with van der Waals surface area (Å²) in [7, 11) is -4.54. The van der Waals surface area contributed by atoms with Gasteiger partial charge < -0.3 is 20.1 Å². The van der Waals surface area contributed by atoms with E-state index in [0.717, 1.165) is 10.4 Å². The smallest absolute Gasteiger partial charge is 0.263 e. The molecule has 2 amide bonds. The first kappa shape index (κ1) is 28.6.